The van der Waals surface area contributed by atoms with Crippen LogP contribution in [0.25, 0.3) is 0 Å². The minimum absolute atomic E-state index is 0. The van der Waals surface area contributed by atoms with E-state index in [4.69, 9.17) is 31.6 Å². The first kappa shape index (κ1) is 16.8. The Morgan fingerprint density at radius 3 is 1.10 bits per heavy atom. The molecule has 10 heteroatoms. The third kappa shape index (κ3) is 2760. The second-order valence-electron chi connectivity index (χ2n) is 0.658. The molecule has 0 bridgehead atoms. The molecule has 0 aliphatic rings. The van der Waals surface area contributed by atoms with E-state index in [-0.39, 0.29) is 27.3 Å². The molecule has 0 aromatic rings. The summed E-state index contributed by atoms with van der Waals surface area (Å²) in [6.07, 6.45) is 0. The van der Waals surface area contributed by atoms with Crippen LogP contribution in [0.1, 0.15) is 0 Å². The van der Waals surface area contributed by atoms with E-state index >= 15 is 0 Å². The first-order valence-electron chi connectivity index (χ1n) is 1.28. The maximum absolute atomic E-state index is 8.52. The minimum atomic E-state index is -5.17. The van der Waals surface area contributed by atoms with Crippen LogP contribution in [-0.2, 0) is 14.9 Å². The molecule has 0 aromatic carbocycles. The average molecular weight is 379 g/mol. The zero-order valence-corrected chi connectivity index (χ0v) is 9.97. The Hall–Kier alpha value is 0.409. The Balaban J connectivity index is -0.0000000910. The SMILES string of the molecule is O=S(=O)([O-])[O-].O=[Si]([O-])[O-].[Pb+4]. The van der Waals surface area contributed by atoms with E-state index in [0.29, 0.717) is 0 Å². The fourth-order valence-electron chi connectivity index (χ4n) is 0. The topological polar surface area (TPSA) is 143 Å². The molecule has 10 heavy (non-hydrogen) atoms. The number of hydrogen-bond donors (Lipinski definition) is 0. The van der Waals surface area contributed by atoms with Gasteiger partial charge in [-0.15, -0.1) is 0 Å². The molecule has 7 nitrogen and oxygen atoms in total. The van der Waals surface area contributed by atoms with Gasteiger partial charge in [0.2, 0.25) is 0 Å². The predicted molar refractivity (Wildman–Crippen MR) is 22.7 cm³/mol. The van der Waals surface area contributed by atoms with Crippen molar-refractivity contribution in [1.29, 1.82) is 0 Å². The van der Waals surface area contributed by atoms with Crippen LogP contribution in [0.3, 0.4) is 0 Å². The van der Waals surface area contributed by atoms with Crippen molar-refractivity contribution in [2.24, 2.45) is 0 Å². The van der Waals surface area contributed by atoms with Crippen LogP contribution in [0.4, 0.5) is 0 Å². The summed E-state index contributed by atoms with van der Waals surface area (Å²) in [5, 5.41) is 0. The van der Waals surface area contributed by atoms with Crippen molar-refractivity contribution in [3.05, 3.63) is 0 Å². The first-order valence-corrected chi connectivity index (χ1v) is 3.84. The van der Waals surface area contributed by atoms with Gasteiger partial charge in [-0.25, -0.2) is 0 Å². The quantitative estimate of drug-likeness (QED) is 0.234. The molecule has 0 aliphatic heterocycles. The summed E-state index contributed by atoms with van der Waals surface area (Å²) in [7, 11) is -8.80. The second-order valence-corrected chi connectivity index (χ2v) is 1.97. The summed E-state index contributed by atoms with van der Waals surface area (Å²) in [6.45, 7) is 0. The van der Waals surface area contributed by atoms with Gasteiger partial charge < -0.3 is 23.2 Å². The minimum Gasteiger partial charge on any atom is -0.759 e. The molecule has 0 saturated heterocycles. The predicted octanol–water partition coefficient (Wildman–Crippen LogP) is -4.60. The van der Waals surface area contributed by atoms with Crippen LogP contribution >= 0.6 is 0 Å². The fraction of sp³-hybridized carbons (Fsp3) is 0. The Morgan fingerprint density at radius 2 is 1.10 bits per heavy atom. The molecule has 0 aromatic heterocycles. The molecule has 0 heterocycles. The average Bonchev–Trinajstić information content (AvgIpc) is 1.19. The van der Waals surface area contributed by atoms with Crippen LogP contribution in [0.5, 0.6) is 0 Å². The van der Waals surface area contributed by atoms with E-state index < -0.39 is 19.6 Å². The van der Waals surface area contributed by atoms with Gasteiger partial charge in [0.25, 0.3) is 0 Å². The van der Waals surface area contributed by atoms with Gasteiger partial charge >= 0.3 is 27.3 Å². The number of hydrogen-bond acceptors (Lipinski definition) is 7. The Kier molecular flexibility index (Phi) is 12.6. The largest absolute Gasteiger partial charge is 4.00 e. The molecule has 56 valence electrons. The molecule has 0 unspecified atom stereocenters. The van der Waals surface area contributed by atoms with E-state index in [2.05, 4.69) is 0 Å². The first-order chi connectivity index (χ1) is 3.73. The second kappa shape index (κ2) is 7.52. The molecule has 0 aliphatic carbocycles. The molecule has 0 spiro atoms. The van der Waals surface area contributed by atoms with Gasteiger partial charge in [0.15, 0.2) is 0 Å². The zero-order valence-electron chi connectivity index (χ0n) is 4.27. The van der Waals surface area contributed by atoms with Crippen molar-refractivity contribution in [3.63, 3.8) is 0 Å². The molecule has 0 amide bonds. The molecule has 0 rings (SSSR count). The van der Waals surface area contributed by atoms with Crippen molar-refractivity contribution in [2.75, 3.05) is 0 Å². The van der Waals surface area contributed by atoms with Crippen molar-refractivity contribution < 1.29 is 31.6 Å². The fourth-order valence-corrected chi connectivity index (χ4v) is 0. The van der Waals surface area contributed by atoms with Crippen molar-refractivity contribution >= 4 is 46.9 Å². The van der Waals surface area contributed by atoms with E-state index in [1.165, 1.54) is 0 Å². The van der Waals surface area contributed by atoms with Crippen molar-refractivity contribution in [2.45, 2.75) is 0 Å². The monoisotopic (exact) mass is 380 g/mol. The molecule has 0 radical (unpaired) electrons. The molecular weight excluding hydrogens is 379 g/mol. The molecule has 0 atom stereocenters. The summed E-state index contributed by atoms with van der Waals surface area (Å²) in [6, 6.07) is 0. The maximum atomic E-state index is 8.52. The van der Waals surface area contributed by atoms with Crippen LogP contribution in [-0.4, -0.2) is 54.0 Å². The smallest absolute Gasteiger partial charge is 0.759 e. The maximum Gasteiger partial charge on any atom is 4.00 e. The summed E-state index contributed by atoms with van der Waals surface area (Å²) in [4.78, 5) is 17.0. The van der Waals surface area contributed by atoms with Crippen LogP contribution < -0.4 is 9.59 Å². The third-order valence-electron chi connectivity index (χ3n) is 0. The van der Waals surface area contributed by atoms with Gasteiger partial charge in [0, 0.05) is 19.6 Å². The van der Waals surface area contributed by atoms with Gasteiger partial charge in [0.1, 0.15) is 0 Å². The third-order valence-corrected chi connectivity index (χ3v) is 0. The van der Waals surface area contributed by atoms with Gasteiger partial charge in [-0.05, 0) is 0 Å². The summed E-state index contributed by atoms with van der Waals surface area (Å²) >= 11 is 0. The Labute approximate surface area is 78.3 Å². The standard InChI is InChI=1S/H2O4S.O3Si.Pb/c1-5(2,3)4;1-4(2)3;/h(H2,1,2,3,4);;/q;-2;+4/p-2. The van der Waals surface area contributed by atoms with E-state index in [1.807, 2.05) is 0 Å². The van der Waals surface area contributed by atoms with Gasteiger partial charge in [-0.3, -0.25) is 8.42 Å². The van der Waals surface area contributed by atoms with Crippen LogP contribution in [0, 0.1) is 0 Å². The Morgan fingerprint density at radius 1 is 1.10 bits per heavy atom. The van der Waals surface area contributed by atoms with Crippen LogP contribution in [0.2, 0.25) is 0 Å². The molecule has 0 N–H and O–H groups in total. The summed E-state index contributed by atoms with van der Waals surface area (Å²) in [5.74, 6) is 0. The van der Waals surface area contributed by atoms with Crippen LogP contribution in [0.15, 0.2) is 0 Å². The van der Waals surface area contributed by atoms with E-state index in [1.54, 1.807) is 0 Å². The molecule has 0 saturated carbocycles. The van der Waals surface area contributed by atoms with Gasteiger partial charge in [0.05, 0.1) is 0 Å². The zero-order chi connectivity index (χ0) is 8.08. The van der Waals surface area contributed by atoms with Crippen molar-refractivity contribution in [3.8, 4) is 0 Å². The Bertz CT molecular complexity index is 156. The van der Waals surface area contributed by atoms with Crippen molar-refractivity contribution in [1.82, 2.24) is 0 Å². The summed E-state index contributed by atoms with van der Waals surface area (Å²) in [5.41, 5.74) is 0. The van der Waals surface area contributed by atoms with E-state index in [0.717, 1.165) is 0 Å². The normalized spacial score (nSPS) is 8.20. The molecular formula is O7PbSSi. The van der Waals surface area contributed by atoms with E-state index in [9.17, 15) is 0 Å². The molecule has 0 fully saturated rings. The van der Waals surface area contributed by atoms with Gasteiger partial charge in [-0.1, -0.05) is 0 Å². The van der Waals surface area contributed by atoms with Gasteiger partial charge in [-0.2, -0.15) is 0 Å². The summed E-state index contributed by atoms with van der Waals surface area (Å²) < 4.78 is 42.6. The number of rotatable bonds is 0.